The summed E-state index contributed by atoms with van der Waals surface area (Å²) in [6, 6.07) is 7.96. The van der Waals surface area contributed by atoms with Crippen LogP contribution in [0.2, 0.25) is 0 Å². The van der Waals surface area contributed by atoms with E-state index in [9.17, 15) is 4.79 Å². The first-order valence-corrected chi connectivity index (χ1v) is 7.93. The maximum Gasteiger partial charge on any atom is 0.309 e. The van der Waals surface area contributed by atoms with Gasteiger partial charge in [0.25, 0.3) is 0 Å². The van der Waals surface area contributed by atoms with Crippen LogP contribution in [0, 0.1) is 0 Å². The Labute approximate surface area is 127 Å². The van der Waals surface area contributed by atoms with Gasteiger partial charge in [-0.3, -0.25) is 9.20 Å². The number of thiazole rings is 2. The monoisotopic (exact) mass is 315 g/mol. The van der Waals surface area contributed by atoms with Crippen LogP contribution in [-0.2, 0) is 11.2 Å². The highest BCUT2D eigenvalue weighted by Gasteiger charge is 2.14. The summed E-state index contributed by atoms with van der Waals surface area (Å²) in [5.41, 5.74) is 2.48. The lowest BCUT2D eigenvalue weighted by Gasteiger charge is -1.92. The minimum atomic E-state index is -0.843. The molecule has 0 aliphatic heterocycles. The van der Waals surface area contributed by atoms with Gasteiger partial charge >= 0.3 is 5.97 Å². The first-order valence-electron chi connectivity index (χ1n) is 6.24. The second-order valence-electron chi connectivity index (χ2n) is 4.56. The molecule has 0 bridgehead atoms. The van der Waals surface area contributed by atoms with Crippen LogP contribution < -0.4 is 0 Å². The van der Waals surface area contributed by atoms with Gasteiger partial charge < -0.3 is 5.11 Å². The van der Waals surface area contributed by atoms with Gasteiger partial charge in [-0.25, -0.2) is 9.97 Å². The number of hydrogen-bond acceptors (Lipinski definition) is 5. The Kier molecular flexibility index (Phi) is 2.76. The number of carboxylic acid groups (broad SMARTS) is 1. The van der Waals surface area contributed by atoms with E-state index in [0.29, 0.717) is 0 Å². The Morgan fingerprint density at radius 3 is 2.95 bits per heavy atom. The van der Waals surface area contributed by atoms with Crippen molar-refractivity contribution in [2.24, 2.45) is 0 Å². The van der Waals surface area contributed by atoms with Crippen molar-refractivity contribution in [3.05, 3.63) is 41.5 Å². The first kappa shape index (κ1) is 12.5. The number of hydrogen-bond donors (Lipinski definition) is 1. The molecule has 0 radical (unpaired) electrons. The van der Waals surface area contributed by atoms with Gasteiger partial charge in [0.1, 0.15) is 10.7 Å². The van der Waals surface area contributed by atoms with Crippen molar-refractivity contribution in [1.29, 1.82) is 0 Å². The largest absolute Gasteiger partial charge is 0.481 e. The van der Waals surface area contributed by atoms with E-state index in [1.807, 2.05) is 40.2 Å². The average molecular weight is 315 g/mol. The van der Waals surface area contributed by atoms with Gasteiger partial charge in [-0.05, 0) is 12.1 Å². The molecule has 0 amide bonds. The zero-order chi connectivity index (χ0) is 14.4. The van der Waals surface area contributed by atoms with Gasteiger partial charge in [0.15, 0.2) is 4.96 Å². The molecule has 1 N–H and O–H groups in total. The second kappa shape index (κ2) is 4.64. The molecular formula is C14H9N3O2S2. The summed E-state index contributed by atoms with van der Waals surface area (Å²) in [4.78, 5) is 20.8. The SMILES string of the molecule is O=C(O)Cc1csc2nc(-c3nc4ccccc4s3)cn12. The van der Waals surface area contributed by atoms with Crippen molar-refractivity contribution >= 4 is 43.8 Å². The van der Waals surface area contributed by atoms with E-state index < -0.39 is 5.97 Å². The Morgan fingerprint density at radius 1 is 1.29 bits per heavy atom. The quantitative estimate of drug-likeness (QED) is 0.630. The third kappa shape index (κ3) is 2.10. The van der Waals surface area contributed by atoms with E-state index in [-0.39, 0.29) is 6.42 Å². The molecule has 0 aliphatic rings. The van der Waals surface area contributed by atoms with Gasteiger partial charge in [0.2, 0.25) is 0 Å². The van der Waals surface area contributed by atoms with Gasteiger partial charge in [0, 0.05) is 17.3 Å². The van der Waals surface area contributed by atoms with Gasteiger partial charge in [-0.2, -0.15) is 0 Å². The molecule has 3 heterocycles. The van der Waals surface area contributed by atoms with Crippen molar-refractivity contribution in [2.75, 3.05) is 0 Å². The van der Waals surface area contributed by atoms with Gasteiger partial charge in [-0.1, -0.05) is 12.1 Å². The van der Waals surface area contributed by atoms with Crippen LogP contribution in [0.1, 0.15) is 5.69 Å². The molecule has 0 saturated carbocycles. The zero-order valence-electron chi connectivity index (χ0n) is 10.7. The van der Waals surface area contributed by atoms with Crippen molar-refractivity contribution in [3.8, 4) is 10.7 Å². The van der Waals surface area contributed by atoms with Crippen molar-refractivity contribution in [3.63, 3.8) is 0 Å². The fourth-order valence-electron chi connectivity index (χ4n) is 2.20. The maximum atomic E-state index is 10.9. The predicted octanol–water partition coefficient (Wildman–Crippen LogP) is 3.30. The minimum absolute atomic E-state index is 0.00432. The number of carbonyl (C=O) groups is 1. The molecular weight excluding hydrogens is 306 g/mol. The van der Waals surface area contributed by atoms with E-state index >= 15 is 0 Å². The minimum Gasteiger partial charge on any atom is -0.481 e. The zero-order valence-corrected chi connectivity index (χ0v) is 12.3. The standard InChI is InChI=1S/C14H9N3O2S2/c18-12(19)5-8-7-20-14-16-10(6-17(8)14)13-15-9-3-1-2-4-11(9)21-13/h1-4,6-7H,5H2,(H,18,19). The molecule has 21 heavy (non-hydrogen) atoms. The molecule has 5 nitrogen and oxygen atoms in total. The number of para-hydroxylation sites is 1. The highest BCUT2D eigenvalue weighted by atomic mass is 32.1. The summed E-state index contributed by atoms with van der Waals surface area (Å²) in [6.07, 6.45) is 1.86. The smallest absolute Gasteiger partial charge is 0.309 e. The van der Waals surface area contributed by atoms with Crippen LogP contribution in [0.3, 0.4) is 0 Å². The molecule has 4 aromatic rings. The Balaban J connectivity index is 1.82. The summed E-state index contributed by atoms with van der Waals surface area (Å²) in [5, 5.41) is 11.6. The summed E-state index contributed by atoms with van der Waals surface area (Å²) >= 11 is 3.03. The van der Waals surface area contributed by atoms with Crippen molar-refractivity contribution < 1.29 is 9.90 Å². The number of fused-ring (bicyclic) bond motifs is 2. The lowest BCUT2D eigenvalue weighted by molar-refractivity contribution is -0.136. The Hall–Kier alpha value is -2.25. The lowest BCUT2D eigenvalue weighted by Crippen LogP contribution is -2.02. The number of imidazole rings is 1. The first-order chi connectivity index (χ1) is 10.2. The third-order valence-electron chi connectivity index (χ3n) is 3.13. The molecule has 0 aliphatic carbocycles. The number of aliphatic carboxylic acids is 1. The van der Waals surface area contributed by atoms with Gasteiger partial charge in [-0.15, -0.1) is 22.7 Å². The summed E-state index contributed by atoms with van der Waals surface area (Å²) in [7, 11) is 0. The highest BCUT2D eigenvalue weighted by Crippen LogP contribution is 2.30. The van der Waals surface area contributed by atoms with E-state index in [2.05, 4.69) is 9.97 Å². The van der Waals surface area contributed by atoms with Crippen LogP contribution in [0.4, 0.5) is 0 Å². The fourth-order valence-corrected chi connectivity index (χ4v) is 3.99. The summed E-state index contributed by atoms with van der Waals surface area (Å²) < 4.78 is 2.95. The van der Waals surface area contributed by atoms with E-state index in [1.54, 1.807) is 11.3 Å². The molecule has 1 aromatic carbocycles. The number of carboxylic acids is 1. The third-order valence-corrected chi connectivity index (χ3v) is 5.08. The molecule has 0 fully saturated rings. The predicted molar refractivity (Wildman–Crippen MR) is 83.0 cm³/mol. The van der Waals surface area contributed by atoms with Crippen LogP contribution >= 0.6 is 22.7 Å². The second-order valence-corrected chi connectivity index (χ2v) is 6.43. The summed E-state index contributed by atoms with van der Waals surface area (Å²) in [6.45, 7) is 0. The topological polar surface area (TPSA) is 67.5 Å². The van der Waals surface area contributed by atoms with Crippen molar-refractivity contribution in [1.82, 2.24) is 14.4 Å². The fraction of sp³-hybridized carbons (Fsp3) is 0.0714. The normalized spacial score (nSPS) is 11.4. The van der Waals surface area contributed by atoms with E-state index in [1.165, 1.54) is 11.3 Å². The molecule has 0 saturated heterocycles. The molecule has 0 spiro atoms. The van der Waals surface area contributed by atoms with E-state index in [0.717, 1.165) is 31.6 Å². The molecule has 0 unspecified atom stereocenters. The average Bonchev–Trinajstić information content (AvgIpc) is 3.12. The molecule has 4 rings (SSSR count). The van der Waals surface area contributed by atoms with Crippen LogP contribution in [0.25, 0.3) is 25.9 Å². The molecule has 3 aromatic heterocycles. The number of nitrogens with zero attached hydrogens (tertiary/aromatic N) is 3. The highest BCUT2D eigenvalue weighted by molar-refractivity contribution is 7.21. The lowest BCUT2D eigenvalue weighted by atomic mass is 10.3. The van der Waals surface area contributed by atoms with Crippen molar-refractivity contribution in [2.45, 2.75) is 6.42 Å². The van der Waals surface area contributed by atoms with Gasteiger partial charge in [0.05, 0.1) is 16.6 Å². The van der Waals surface area contributed by atoms with Crippen LogP contribution in [0.15, 0.2) is 35.8 Å². The maximum absolute atomic E-state index is 10.9. The van der Waals surface area contributed by atoms with Crippen LogP contribution in [0.5, 0.6) is 0 Å². The Morgan fingerprint density at radius 2 is 2.14 bits per heavy atom. The van der Waals surface area contributed by atoms with Crippen LogP contribution in [-0.4, -0.2) is 25.4 Å². The molecule has 0 atom stereocenters. The molecule has 7 heteroatoms. The number of rotatable bonds is 3. The summed E-state index contributed by atoms with van der Waals surface area (Å²) in [5.74, 6) is -0.843. The number of benzene rings is 1. The number of aromatic nitrogens is 3. The van der Waals surface area contributed by atoms with E-state index in [4.69, 9.17) is 5.11 Å². The molecule has 104 valence electrons. The Bertz CT molecular complexity index is 934.